The van der Waals surface area contributed by atoms with Crippen LogP contribution >= 0.6 is 0 Å². The average Bonchev–Trinajstić information content (AvgIpc) is 2.42. The van der Waals surface area contributed by atoms with Gasteiger partial charge in [0.25, 0.3) is 0 Å². The second-order valence-electron chi connectivity index (χ2n) is 5.01. The summed E-state index contributed by atoms with van der Waals surface area (Å²) in [6.07, 6.45) is 0.161. The van der Waals surface area contributed by atoms with Crippen molar-refractivity contribution in [2.24, 2.45) is 0 Å². The molecule has 0 aromatic heterocycles. The van der Waals surface area contributed by atoms with E-state index in [9.17, 15) is 5.11 Å². The van der Waals surface area contributed by atoms with Crippen molar-refractivity contribution >= 4 is 0 Å². The number of phenols is 1. The third kappa shape index (κ3) is 4.00. The number of hydrogen-bond acceptors (Lipinski definition) is 3. The van der Waals surface area contributed by atoms with Crippen LogP contribution in [-0.2, 0) is 13.1 Å². The van der Waals surface area contributed by atoms with Crippen LogP contribution in [0.3, 0.4) is 0 Å². The van der Waals surface area contributed by atoms with E-state index in [1.807, 2.05) is 50.2 Å². The van der Waals surface area contributed by atoms with Crippen molar-refractivity contribution in [3.05, 3.63) is 59.7 Å². The van der Waals surface area contributed by atoms with Crippen LogP contribution in [0.25, 0.3) is 0 Å². The number of ether oxygens (including phenoxy) is 1. The van der Waals surface area contributed by atoms with E-state index in [0.717, 1.165) is 16.9 Å². The lowest BCUT2D eigenvalue weighted by atomic mass is 10.1. The molecule has 0 saturated carbocycles. The fourth-order valence-electron chi connectivity index (χ4n) is 2.01. The lowest BCUT2D eigenvalue weighted by Crippen LogP contribution is -2.15. The molecule has 0 spiro atoms. The van der Waals surface area contributed by atoms with Crippen molar-refractivity contribution in [3.63, 3.8) is 0 Å². The zero-order valence-electron chi connectivity index (χ0n) is 12.0. The van der Waals surface area contributed by atoms with Crippen molar-refractivity contribution in [2.45, 2.75) is 33.0 Å². The molecule has 0 aliphatic carbocycles. The first-order valence-electron chi connectivity index (χ1n) is 6.89. The third-order valence-electron chi connectivity index (χ3n) is 2.96. The minimum absolute atomic E-state index is 0.161. The Labute approximate surface area is 120 Å². The van der Waals surface area contributed by atoms with Gasteiger partial charge in [-0.3, -0.25) is 0 Å². The van der Waals surface area contributed by atoms with Gasteiger partial charge in [0.2, 0.25) is 0 Å². The smallest absolute Gasteiger partial charge is 0.124 e. The summed E-state index contributed by atoms with van der Waals surface area (Å²) in [7, 11) is 0. The Morgan fingerprint density at radius 2 is 1.55 bits per heavy atom. The Hall–Kier alpha value is -2.00. The summed E-state index contributed by atoms with van der Waals surface area (Å²) >= 11 is 0. The van der Waals surface area contributed by atoms with Gasteiger partial charge in [0.05, 0.1) is 6.10 Å². The molecule has 3 nitrogen and oxygen atoms in total. The van der Waals surface area contributed by atoms with Crippen LogP contribution in [0.5, 0.6) is 11.5 Å². The van der Waals surface area contributed by atoms with Gasteiger partial charge >= 0.3 is 0 Å². The molecule has 3 heteroatoms. The molecule has 0 unspecified atom stereocenters. The molecule has 0 bridgehead atoms. The lowest BCUT2D eigenvalue weighted by Gasteiger charge is -2.14. The molecule has 2 rings (SSSR count). The largest absolute Gasteiger partial charge is 0.508 e. The molecular weight excluding hydrogens is 250 g/mol. The van der Waals surface area contributed by atoms with Crippen molar-refractivity contribution in [2.75, 3.05) is 0 Å². The number of hydrogen-bond donors (Lipinski definition) is 2. The first kappa shape index (κ1) is 14.4. The van der Waals surface area contributed by atoms with Crippen molar-refractivity contribution in [1.82, 2.24) is 5.32 Å². The minimum Gasteiger partial charge on any atom is -0.508 e. The molecule has 0 amide bonds. The zero-order chi connectivity index (χ0) is 14.4. The summed E-state index contributed by atoms with van der Waals surface area (Å²) < 4.78 is 5.78. The Balaban J connectivity index is 1.96. The van der Waals surface area contributed by atoms with Crippen LogP contribution in [-0.4, -0.2) is 11.2 Å². The molecule has 0 radical (unpaired) electrons. The summed E-state index contributed by atoms with van der Waals surface area (Å²) in [5.74, 6) is 1.24. The van der Waals surface area contributed by atoms with Crippen LogP contribution < -0.4 is 10.1 Å². The first-order valence-corrected chi connectivity index (χ1v) is 6.89. The lowest BCUT2D eigenvalue weighted by molar-refractivity contribution is 0.239. The predicted octanol–water partition coefficient (Wildman–Crippen LogP) is 3.47. The van der Waals surface area contributed by atoms with Crippen molar-refractivity contribution < 1.29 is 9.84 Å². The SMILES string of the molecule is CC(C)Oc1ccccc1CNCc1ccccc1O. The quantitative estimate of drug-likeness (QED) is 0.845. The molecule has 0 atom stereocenters. The normalized spacial score (nSPS) is 10.8. The molecule has 0 fully saturated rings. The Morgan fingerprint density at radius 3 is 2.25 bits per heavy atom. The zero-order valence-corrected chi connectivity index (χ0v) is 12.0. The van der Waals surface area contributed by atoms with Crippen LogP contribution in [0, 0.1) is 0 Å². The second-order valence-corrected chi connectivity index (χ2v) is 5.01. The topological polar surface area (TPSA) is 41.5 Å². The highest BCUT2D eigenvalue weighted by Crippen LogP contribution is 2.20. The number of rotatable bonds is 6. The van der Waals surface area contributed by atoms with E-state index in [4.69, 9.17) is 4.74 Å². The standard InChI is InChI=1S/C17H21NO2/c1-13(2)20-17-10-6-4-8-15(17)12-18-11-14-7-3-5-9-16(14)19/h3-10,13,18-19H,11-12H2,1-2H3. The summed E-state index contributed by atoms with van der Waals surface area (Å²) in [6, 6.07) is 15.4. The Bertz CT molecular complexity index is 552. The van der Waals surface area contributed by atoms with Crippen LogP contribution in [0.15, 0.2) is 48.5 Å². The Morgan fingerprint density at radius 1 is 0.950 bits per heavy atom. The maximum atomic E-state index is 9.72. The van der Waals surface area contributed by atoms with Gasteiger partial charge in [-0.05, 0) is 26.0 Å². The van der Waals surface area contributed by atoms with Gasteiger partial charge in [-0.15, -0.1) is 0 Å². The van der Waals surface area contributed by atoms with E-state index in [-0.39, 0.29) is 6.10 Å². The minimum atomic E-state index is 0.161. The monoisotopic (exact) mass is 271 g/mol. The number of para-hydroxylation sites is 2. The van der Waals surface area contributed by atoms with Crippen LogP contribution in [0.2, 0.25) is 0 Å². The van der Waals surface area contributed by atoms with Gasteiger partial charge in [-0.25, -0.2) is 0 Å². The molecule has 2 N–H and O–H groups in total. The number of phenolic OH excluding ortho intramolecular Hbond substituents is 1. The van der Waals surface area contributed by atoms with Crippen molar-refractivity contribution in [3.8, 4) is 11.5 Å². The molecule has 0 aliphatic rings. The summed E-state index contributed by atoms with van der Waals surface area (Å²) in [6.45, 7) is 5.37. The van der Waals surface area contributed by atoms with E-state index in [0.29, 0.717) is 18.8 Å². The van der Waals surface area contributed by atoms with E-state index in [2.05, 4.69) is 11.4 Å². The highest BCUT2D eigenvalue weighted by Gasteiger charge is 2.05. The average molecular weight is 271 g/mol. The van der Waals surface area contributed by atoms with Gasteiger partial charge < -0.3 is 15.2 Å². The summed E-state index contributed by atoms with van der Waals surface area (Å²) in [5.41, 5.74) is 2.02. The molecule has 0 heterocycles. The maximum Gasteiger partial charge on any atom is 0.124 e. The summed E-state index contributed by atoms with van der Waals surface area (Å²) in [4.78, 5) is 0. The van der Waals surface area contributed by atoms with Crippen LogP contribution in [0.4, 0.5) is 0 Å². The van der Waals surface area contributed by atoms with Crippen LogP contribution in [0.1, 0.15) is 25.0 Å². The molecule has 20 heavy (non-hydrogen) atoms. The van der Waals surface area contributed by atoms with Gasteiger partial charge in [0, 0.05) is 24.2 Å². The summed E-state index contributed by atoms with van der Waals surface area (Å²) in [5, 5.41) is 13.0. The number of benzene rings is 2. The predicted molar refractivity (Wildman–Crippen MR) is 80.9 cm³/mol. The Kier molecular flexibility index (Phi) is 5.02. The molecule has 2 aromatic carbocycles. The molecule has 106 valence electrons. The van der Waals surface area contributed by atoms with E-state index in [1.165, 1.54) is 0 Å². The highest BCUT2D eigenvalue weighted by atomic mass is 16.5. The van der Waals surface area contributed by atoms with E-state index in [1.54, 1.807) is 6.07 Å². The van der Waals surface area contributed by atoms with E-state index < -0.39 is 0 Å². The molecular formula is C17H21NO2. The molecule has 2 aromatic rings. The van der Waals surface area contributed by atoms with Gasteiger partial charge in [-0.1, -0.05) is 36.4 Å². The maximum absolute atomic E-state index is 9.72. The fourth-order valence-corrected chi connectivity index (χ4v) is 2.01. The molecule has 0 aliphatic heterocycles. The number of aromatic hydroxyl groups is 1. The second kappa shape index (κ2) is 6.96. The highest BCUT2D eigenvalue weighted by molar-refractivity contribution is 5.34. The fraction of sp³-hybridized carbons (Fsp3) is 0.294. The van der Waals surface area contributed by atoms with Gasteiger partial charge in [-0.2, -0.15) is 0 Å². The van der Waals surface area contributed by atoms with Gasteiger partial charge in [0.15, 0.2) is 0 Å². The number of nitrogens with one attached hydrogen (secondary N) is 1. The third-order valence-corrected chi connectivity index (χ3v) is 2.96. The van der Waals surface area contributed by atoms with Gasteiger partial charge in [0.1, 0.15) is 11.5 Å². The van der Waals surface area contributed by atoms with Crippen molar-refractivity contribution in [1.29, 1.82) is 0 Å². The molecule has 0 saturated heterocycles. The van der Waals surface area contributed by atoms with E-state index >= 15 is 0 Å². The first-order chi connectivity index (χ1) is 9.66.